The number of oxime groups is 1. The standard InChI is InChI=1S/C15H14BrNO2/c1-18-15-7-3-5-13(9-15)11-19-17-10-12-4-2-6-14(16)8-12/h2-10H,11H2,1H3. The van der Waals surface area contributed by atoms with Crippen LogP contribution in [0.15, 0.2) is 58.2 Å². The molecular formula is C15H14BrNO2. The Balaban J connectivity index is 1.89. The van der Waals surface area contributed by atoms with Crippen LogP contribution in [0, 0.1) is 0 Å². The molecule has 0 saturated heterocycles. The van der Waals surface area contributed by atoms with Crippen LogP contribution < -0.4 is 4.74 Å². The van der Waals surface area contributed by atoms with E-state index < -0.39 is 0 Å². The number of rotatable bonds is 5. The quantitative estimate of drug-likeness (QED) is 0.616. The van der Waals surface area contributed by atoms with Crippen LogP contribution in [0.25, 0.3) is 0 Å². The zero-order valence-corrected chi connectivity index (χ0v) is 12.1. The van der Waals surface area contributed by atoms with E-state index in [1.54, 1.807) is 13.3 Å². The van der Waals surface area contributed by atoms with Crippen molar-refractivity contribution in [3.63, 3.8) is 0 Å². The second-order valence-electron chi connectivity index (χ2n) is 3.91. The summed E-state index contributed by atoms with van der Waals surface area (Å²) in [7, 11) is 1.64. The summed E-state index contributed by atoms with van der Waals surface area (Å²) in [6, 6.07) is 15.6. The third-order valence-electron chi connectivity index (χ3n) is 2.49. The fourth-order valence-corrected chi connectivity index (χ4v) is 1.98. The van der Waals surface area contributed by atoms with Crippen molar-refractivity contribution in [3.8, 4) is 5.75 Å². The number of nitrogens with zero attached hydrogens (tertiary/aromatic N) is 1. The third kappa shape index (κ3) is 4.41. The molecule has 19 heavy (non-hydrogen) atoms. The Morgan fingerprint density at radius 3 is 2.79 bits per heavy atom. The molecule has 0 fully saturated rings. The fourth-order valence-electron chi connectivity index (χ4n) is 1.56. The Labute approximate surface area is 121 Å². The van der Waals surface area contributed by atoms with Crippen LogP contribution in [0.1, 0.15) is 11.1 Å². The van der Waals surface area contributed by atoms with Crippen molar-refractivity contribution >= 4 is 22.1 Å². The van der Waals surface area contributed by atoms with Gasteiger partial charge in [-0.05, 0) is 35.4 Å². The predicted molar refractivity (Wildman–Crippen MR) is 79.5 cm³/mol. The molecule has 0 saturated carbocycles. The highest BCUT2D eigenvalue weighted by molar-refractivity contribution is 9.10. The van der Waals surface area contributed by atoms with Crippen molar-refractivity contribution in [1.29, 1.82) is 0 Å². The SMILES string of the molecule is COc1cccc(CON=Cc2cccc(Br)c2)c1. The fraction of sp³-hybridized carbons (Fsp3) is 0.133. The summed E-state index contributed by atoms with van der Waals surface area (Å²) in [5.41, 5.74) is 2.01. The van der Waals surface area contributed by atoms with Crippen LogP contribution >= 0.6 is 15.9 Å². The summed E-state index contributed by atoms with van der Waals surface area (Å²) in [5, 5.41) is 3.95. The minimum Gasteiger partial charge on any atom is -0.497 e. The monoisotopic (exact) mass is 319 g/mol. The lowest BCUT2D eigenvalue weighted by Gasteiger charge is -2.03. The van der Waals surface area contributed by atoms with Gasteiger partial charge in [-0.25, -0.2) is 0 Å². The van der Waals surface area contributed by atoms with Gasteiger partial charge in [-0.1, -0.05) is 45.4 Å². The Bertz CT molecular complexity index is 570. The molecular weight excluding hydrogens is 306 g/mol. The summed E-state index contributed by atoms with van der Waals surface area (Å²) in [5.74, 6) is 0.817. The second-order valence-corrected chi connectivity index (χ2v) is 4.83. The molecule has 3 nitrogen and oxygen atoms in total. The molecule has 98 valence electrons. The lowest BCUT2D eigenvalue weighted by molar-refractivity contribution is 0.132. The normalized spacial score (nSPS) is 10.6. The molecule has 0 aliphatic heterocycles. The van der Waals surface area contributed by atoms with E-state index in [2.05, 4.69) is 21.1 Å². The topological polar surface area (TPSA) is 30.8 Å². The Morgan fingerprint density at radius 1 is 1.16 bits per heavy atom. The number of halogens is 1. The zero-order valence-electron chi connectivity index (χ0n) is 10.5. The maximum Gasteiger partial charge on any atom is 0.142 e. The van der Waals surface area contributed by atoms with Gasteiger partial charge in [0.25, 0.3) is 0 Å². The van der Waals surface area contributed by atoms with Crippen LogP contribution in [0.2, 0.25) is 0 Å². The van der Waals surface area contributed by atoms with Crippen molar-refractivity contribution in [3.05, 3.63) is 64.1 Å². The van der Waals surface area contributed by atoms with E-state index in [1.165, 1.54) is 0 Å². The molecule has 2 aromatic carbocycles. The number of hydrogen-bond acceptors (Lipinski definition) is 3. The van der Waals surface area contributed by atoms with Gasteiger partial charge in [-0.2, -0.15) is 0 Å². The molecule has 0 spiro atoms. The predicted octanol–water partition coefficient (Wildman–Crippen LogP) is 4.01. The van der Waals surface area contributed by atoms with Gasteiger partial charge in [0.2, 0.25) is 0 Å². The molecule has 0 amide bonds. The lowest BCUT2D eigenvalue weighted by atomic mass is 10.2. The van der Waals surface area contributed by atoms with Crippen molar-refractivity contribution < 1.29 is 9.57 Å². The maximum absolute atomic E-state index is 5.26. The van der Waals surface area contributed by atoms with Crippen LogP contribution in [0.5, 0.6) is 5.75 Å². The molecule has 0 N–H and O–H groups in total. The highest BCUT2D eigenvalue weighted by Gasteiger charge is 1.95. The van der Waals surface area contributed by atoms with E-state index in [-0.39, 0.29) is 0 Å². The minimum absolute atomic E-state index is 0.418. The summed E-state index contributed by atoms with van der Waals surface area (Å²) in [6.07, 6.45) is 1.69. The summed E-state index contributed by atoms with van der Waals surface area (Å²) < 4.78 is 6.16. The molecule has 0 aliphatic rings. The first-order valence-corrected chi connectivity index (χ1v) is 6.61. The Kier molecular flexibility index (Phi) is 4.98. The largest absolute Gasteiger partial charge is 0.497 e. The summed E-state index contributed by atoms with van der Waals surface area (Å²) in [4.78, 5) is 5.26. The molecule has 0 heterocycles. The highest BCUT2D eigenvalue weighted by atomic mass is 79.9. The van der Waals surface area contributed by atoms with Crippen molar-refractivity contribution in [2.75, 3.05) is 7.11 Å². The number of hydrogen-bond donors (Lipinski definition) is 0. The van der Waals surface area contributed by atoms with E-state index in [1.807, 2.05) is 48.5 Å². The van der Waals surface area contributed by atoms with Gasteiger partial charge in [0.05, 0.1) is 13.3 Å². The molecule has 0 aliphatic carbocycles. The van der Waals surface area contributed by atoms with Gasteiger partial charge in [-0.3, -0.25) is 0 Å². The molecule has 0 radical (unpaired) electrons. The summed E-state index contributed by atoms with van der Waals surface area (Å²) in [6.45, 7) is 0.418. The van der Waals surface area contributed by atoms with Gasteiger partial charge < -0.3 is 9.57 Å². The maximum atomic E-state index is 5.26. The lowest BCUT2D eigenvalue weighted by Crippen LogP contribution is -1.90. The minimum atomic E-state index is 0.418. The Hall–Kier alpha value is -1.81. The molecule has 0 atom stereocenters. The third-order valence-corrected chi connectivity index (χ3v) is 2.98. The molecule has 0 aromatic heterocycles. The van der Waals surface area contributed by atoms with E-state index in [9.17, 15) is 0 Å². The Morgan fingerprint density at radius 2 is 2.00 bits per heavy atom. The van der Waals surface area contributed by atoms with Crippen molar-refractivity contribution in [2.24, 2.45) is 5.16 Å². The van der Waals surface area contributed by atoms with E-state index >= 15 is 0 Å². The van der Waals surface area contributed by atoms with Gasteiger partial charge in [0, 0.05) is 4.47 Å². The van der Waals surface area contributed by atoms with Crippen LogP contribution in [0.3, 0.4) is 0 Å². The first-order valence-electron chi connectivity index (χ1n) is 5.82. The van der Waals surface area contributed by atoms with E-state index in [0.29, 0.717) is 6.61 Å². The number of benzene rings is 2. The molecule has 4 heteroatoms. The van der Waals surface area contributed by atoms with Gasteiger partial charge >= 0.3 is 0 Å². The van der Waals surface area contributed by atoms with E-state index in [0.717, 1.165) is 21.3 Å². The molecule has 2 rings (SSSR count). The average molecular weight is 320 g/mol. The first-order chi connectivity index (χ1) is 9.28. The van der Waals surface area contributed by atoms with Crippen LogP contribution in [-0.4, -0.2) is 13.3 Å². The van der Waals surface area contributed by atoms with Gasteiger partial charge in [0.15, 0.2) is 0 Å². The molecule has 0 bridgehead atoms. The van der Waals surface area contributed by atoms with Crippen molar-refractivity contribution in [1.82, 2.24) is 0 Å². The van der Waals surface area contributed by atoms with Gasteiger partial charge in [-0.15, -0.1) is 0 Å². The second kappa shape index (κ2) is 6.95. The average Bonchev–Trinajstić information content (AvgIpc) is 2.44. The molecule has 2 aromatic rings. The van der Waals surface area contributed by atoms with Gasteiger partial charge in [0.1, 0.15) is 12.4 Å². The number of ether oxygens (including phenoxy) is 1. The van der Waals surface area contributed by atoms with Crippen LogP contribution in [-0.2, 0) is 11.4 Å². The highest BCUT2D eigenvalue weighted by Crippen LogP contribution is 2.13. The molecule has 0 unspecified atom stereocenters. The zero-order chi connectivity index (χ0) is 13.5. The summed E-state index contributed by atoms with van der Waals surface area (Å²) >= 11 is 3.41. The number of methoxy groups -OCH3 is 1. The van der Waals surface area contributed by atoms with Crippen LogP contribution in [0.4, 0.5) is 0 Å². The smallest absolute Gasteiger partial charge is 0.142 e. The van der Waals surface area contributed by atoms with E-state index in [4.69, 9.17) is 9.57 Å². The first kappa shape index (κ1) is 13.6. The van der Waals surface area contributed by atoms with Crippen molar-refractivity contribution in [2.45, 2.75) is 6.61 Å².